The summed E-state index contributed by atoms with van der Waals surface area (Å²) in [6.07, 6.45) is 26.2. The monoisotopic (exact) mass is 440 g/mol. The smallest absolute Gasteiger partial charge is 0.0837 e. The lowest BCUT2D eigenvalue weighted by Crippen LogP contribution is -3.00. The van der Waals surface area contributed by atoms with E-state index in [1.807, 2.05) is 0 Å². The predicted molar refractivity (Wildman–Crippen MR) is 133 cm³/mol. The molecule has 0 nitrogen and oxygen atoms in total. The Hall–Kier alpha value is -0.0600. The second-order valence-electron chi connectivity index (χ2n) is 9.61. The fourth-order valence-corrected chi connectivity index (χ4v) is 6.68. The van der Waals surface area contributed by atoms with Crippen molar-refractivity contribution in [2.75, 3.05) is 19.5 Å². The van der Waals surface area contributed by atoms with Gasteiger partial charge in [0.15, 0.2) is 0 Å². The highest BCUT2D eigenvalue weighted by Crippen LogP contribution is 2.54. The lowest BCUT2D eigenvalue weighted by atomic mass is 10.0. The van der Waals surface area contributed by atoms with Crippen molar-refractivity contribution in [2.24, 2.45) is 0 Å². The maximum Gasteiger partial charge on any atom is 0.0837 e. The van der Waals surface area contributed by atoms with E-state index in [9.17, 15) is 0 Å². The molecule has 170 valence electrons. The highest BCUT2D eigenvalue weighted by molar-refractivity contribution is 7.73. The third kappa shape index (κ3) is 18.4. The van der Waals surface area contributed by atoms with Crippen LogP contribution in [0.4, 0.5) is 0 Å². The molecule has 1 aromatic carbocycles. The molecule has 2 heteroatoms. The molecule has 0 saturated heterocycles. The minimum Gasteiger partial charge on any atom is -1.00 e. The fraction of sp³-hybridized carbons (Fsp3) is 0.778. The van der Waals surface area contributed by atoms with Gasteiger partial charge in [-0.2, -0.15) is 0 Å². The molecule has 0 heterocycles. The maximum atomic E-state index is 2.55. The average molecular weight is 441 g/mol. The first-order chi connectivity index (χ1) is 13.6. The predicted octanol–water partition coefficient (Wildman–Crippen LogP) is 6.73. The summed E-state index contributed by atoms with van der Waals surface area (Å²) < 4.78 is 0. The first-order valence-electron chi connectivity index (χ1n) is 12.5. The highest BCUT2D eigenvalue weighted by atomic mass is 35.5. The van der Waals surface area contributed by atoms with Crippen LogP contribution in [0.1, 0.15) is 115 Å². The van der Waals surface area contributed by atoms with Crippen LogP contribution in [0.5, 0.6) is 0 Å². The van der Waals surface area contributed by atoms with Gasteiger partial charge < -0.3 is 12.4 Å². The van der Waals surface area contributed by atoms with Crippen LogP contribution in [0, 0.1) is 0 Å². The summed E-state index contributed by atoms with van der Waals surface area (Å²) in [5.74, 6) is 0. The van der Waals surface area contributed by atoms with Gasteiger partial charge >= 0.3 is 0 Å². The van der Waals surface area contributed by atoms with Crippen molar-refractivity contribution in [3.05, 3.63) is 35.9 Å². The Kier molecular flexibility index (Phi) is 19.8. The standard InChI is InChI=1S/C27H50P.ClH/c1-4-5-6-7-8-9-10-11-12-13-14-15-16-17-18-22-25-28(2,3)26-27-23-20-19-21-24-27;/h19-21,23-24H,4-18,22,25-26H2,1-3H3;1H/q+1;/p-1. The van der Waals surface area contributed by atoms with E-state index >= 15 is 0 Å². The molecule has 0 amide bonds. The molecular formula is C27H50ClP. The van der Waals surface area contributed by atoms with Crippen LogP contribution in [0.3, 0.4) is 0 Å². The van der Waals surface area contributed by atoms with E-state index in [1.54, 1.807) is 0 Å². The molecule has 0 aromatic heterocycles. The van der Waals surface area contributed by atoms with Crippen LogP contribution in [0.15, 0.2) is 30.3 Å². The van der Waals surface area contributed by atoms with Crippen LogP contribution in [0.2, 0.25) is 0 Å². The molecule has 0 saturated carbocycles. The molecule has 29 heavy (non-hydrogen) atoms. The number of unbranched alkanes of at least 4 members (excludes halogenated alkanes) is 15. The summed E-state index contributed by atoms with van der Waals surface area (Å²) in [5.41, 5.74) is 1.54. The number of hydrogen-bond donors (Lipinski definition) is 0. The zero-order valence-electron chi connectivity index (χ0n) is 19.9. The largest absolute Gasteiger partial charge is 1.00 e. The molecule has 1 rings (SSSR count). The Balaban J connectivity index is 0.00000784. The molecule has 0 aliphatic heterocycles. The van der Waals surface area contributed by atoms with E-state index in [0.717, 1.165) is 0 Å². The van der Waals surface area contributed by atoms with E-state index < -0.39 is 7.26 Å². The Bertz CT molecular complexity index is 443. The summed E-state index contributed by atoms with van der Waals surface area (Å²) >= 11 is 0. The first kappa shape index (κ1) is 28.9. The second-order valence-corrected chi connectivity index (χ2v) is 14.2. The molecule has 0 atom stereocenters. The highest BCUT2D eigenvalue weighted by Gasteiger charge is 2.24. The van der Waals surface area contributed by atoms with Crippen molar-refractivity contribution in [2.45, 2.75) is 116 Å². The van der Waals surface area contributed by atoms with E-state index in [1.165, 1.54) is 121 Å². The topological polar surface area (TPSA) is 0 Å². The van der Waals surface area contributed by atoms with Gasteiger partial charge in [0.1, 0.15) is 0 Å². The summed E-state index contributed by atoms with van der Waals surface area (Å²) in [4.78, 5) is 0. The Morgan fingerprint density at radius 3 is 1.34 bits per heavy atom. The minimum absolute atomic E-state index is 0. The average Bonchev–Trinajstić information content (AvgIpc) is 2.68. The second kappa shape index (κ2) is 19.9. The normalized spacial score (nSPS) is 11.4. The zero-order valence-corrected chi connectivity index (χ0v) is 21.6. The number of benzene rings is 1. The van der Waals surface area contributed by atoms with Crippen molar-refractivity contribution in [1.82, 2.24) is 0 Å². The van der Waals surface area contributed by atoms with E-state index in [4.69, 9.17) is 0 Å². The van der Waals surface area contributed by atoms with Gasteiger partial charge in [0.2, 0.25) is 0 Å². The molecule has 0 unspecified atom stereocenters. The van der Waals surface area contributed by atoms with Gasteiger partial charge in [-0.25, -0.2) is 0 Å². The van der Waals surface area contributed by atoms with Crippen molar-refractivity contribution < 1.29 is 12.4 Å². The van der Waals surface area contributed by atoms with Crippen LogP contribution >= 0.6 is 7.26 Å². The molecule has 1 aromatic rings. The molecule has 0 fully saturated rings. The van der Waals surface area contributed by atoms with Crippen molar-refractivity contribution >= 4 is 7.26 Å². The fourth-order valence-electron chi connectivity index (χ4n) is 4.24. The summed E-state index contributed by atoms with van der Waals surface area (Å²) in [5, 5.41) is 0. The summed E-state index contributed by atoms with van der Waals surface area (Å²) in [6.45, 7) is 7.39. The number of hydrogen-bond acceptors (Lipinski definition) is 0. The van der Waals surface area contributed by atoms with Crippen LogP contribution in [-0.4, -0.2) is 19.5 Å². The van der Waals surface area contributed by atoms with Gasteiger partial charge in [-0.3, -0.25) is 0 Å². The summed E-state index contributed by atoms with van der Waals surface area (Å²) in [6, 6.07) is 11.1. The lowest BCUT2D eigenvalue weighted by Gasteiger charge is -2.18. The molecule has 0 spiro atoms. The molecule has 0 N–H and O–H groups in total. The number of halogens is 1. The summed E-state index contributed by atoms with van der Waals surface area (Å²) in [7, 11) is -0.753. The number of rotatable bonds is 19. The van der Waals surface area contributed by atoms with E-state index in [2.05, 4.69) is 50.6 Å². The van der Waals surface area contributed by atoms with Crippen LogP contribution in [-0.2, 0) is 6.16 Å². The van der Waals surface area contributed by atoms with Gasteiger partial charge in [0, 0.05) is 20.6 Å². The van der Waals surface area contributed by atoms with Crippen molar-refractivity contribution in [3.8, 4) is 0 Å². The molecule has 0 radical (unpaired) electrons. The quantitative estimate of drug-likeness (QED) is 0.165. The molecule has 0 bridgehead atoms. The van der Waals surface area contributed by atoms with Gasteiger partial charge in [0.05, 0.1) is 12.3 Å². The third-order valence-corrected chi connectivity index (χ3v) is 8.82. The Morgan fingerprint density at radius 1 is 0.552 bits per heavy atom. The Labute approximate surface area is 190 Å². The molecular weight excluding hydrogens is 391 g/mol. The maximum absolute atomic E-state index is 2.55. The first-order valence-corrected chi connectivity index (χ1v) is 15.6. The Morgan fingerprint density at radius 2 is 0.931 bits per heavy atom. The van der Waals surface area contributed by atoms with Gasteiger partial charge in [0.25, 0.3) is 0 Å². The third-order valence-electron chi connectivity index (χ3n) is 6.07. The van der Waals surface area contributed by atoms with E-state index in [0.29, 0.717) is 0 Å². The van der Waals surface area contributed by atoms with Crippen LogP contribution < -0.4 is 12.4 Å². The molecule has 0 aliphatic rings. The van der Waals surface area contributed by atoms with Crippen molar-refractivity contribution in [1.29, 1.82) is 0 Å². The van der Waals surface area contributed by atoms with Gasteiger partial charge in [-0.1, -0.05) is 127 Å². The lowest BCUT2D eigenvalue weighted by molar-refractivity contribution is -0.00000634. The van der Waals surface area contributed by atoms with Gasteiger partial charge in [-0.05, 0) is 18.4 Å². The van der Waals surface area contributed by atoms with E-state index in [-0.39, 0.29) is 12.4 Å². The van der Waals surface area contributed by atoms with Crippen LogP contribution in [0.25, 0.3) is 0 Å². The van der Waals surface area contributed by atoms with Crippen molar-refractivity contribution in [3.63, 3.8) is 0 Å². The molecule has 0 aliphatic carbocycles. The SMILES string of the molecule is CCCCCCCCCCCCCCCCCC[P+](C)(C)Cc1ccccc1.[Cl-]. The van der Waals surface area contributed by atoms with Gasteiger partial charge in [-0.15, -0.1) is 0 Å². The minimum atomic E-state index is -0.753. The zero-order chi connectivity index (χ0) is 20.3.